The molecule has 24 heavy (non-hydrogen) atoms. The highest BCUT2D eigenvalue weighted by Gasteiger charge is 2.22. The summed E-state index contributed by atoms with van der Waals surface area (Å²) in [6, 6.07) is 0. The number of piperidine rings is 1. The molecule has 1 aliphatic rings. The smallest absolute Gasteiger partial charge is 0.222 e. The molecule has 0 spiro atoms. The first-order chi connectivity index (χ1) is 11.0. The molecule has 140 valence electrons. The van der Waals surface area contributed by atoms with Gasteiger partial charge >= 0.3 is 0 Å². The van der Waals surface area contributed by atoms with Crippen LogP contribution in [-0.2, 0) is 9.59 Å². The topological polar surface area (TPSA) is 85.8 Å². The number of amides is 2. The number of guanidine groups is 1. The van der Waals surface area contributed by atoms with Crippen molar-refractivity contribution in [2.24, 2.45) is 16.8 Å². The second-order valence-corrected chi connectivity index (χ2v) is 6.23. The zero-order chi connectivity index (χ0) is 17.2. The molecule has 0 aliphatic carbocycles. The van der Waals surface area contributed by atoms with Crippen LogP contribution in [0.2, 0.25) is 0 Å². The number of hydrogen-bond donors (Lipinski definition) is 3. The van der Waals surface area contributed by atoms with Gasteiger partial charge in [-0.25, -0.2) is 0 Å². The van der Waals surface area contributed by atoms with Crippen LogP contribution in [0.15, 0.2) is 4.99 Å². The average molecular weight is 453 g/mol. The maximum atomic E-state index is 11.5. The normalized spacial score (nSPS) is 15.7. The van der Waals surface area contributed by atoms with Gasteiger partial charge in [-0.15, -0.1) is 24.0 Å². The van der Waals surface area contributed by atoms with E-state index in [1.54, 1.807) is 14.1 Å². The van der Waals surface area contributed by atoms with Gasteiger partial charge in [-0.2, -0.15) is 0 Å². The predicted octanol–water partition coefficient (Wildman–Crippen LogP) is 0.800. The summed E-state index contributed by atoms with van der Waals surface area (Å²) in [4.78, 5) is 29.4. The van der Waals surface area contributed by atoms with Crippen molar-refractivity contribution in [3.8, 4) is 0 Å². The number of carbonyl (C=O) groups is 2. The molecule has 3 N–H and O–H groups in total. The number of halogens is 1. The zero-order valence-corrected chi connectivity index (χ0v) is 17.6. The molecule has 0 saturated carbocycles. The van der Waals surface area contributed by atoms with Gasteiger partial charge in [0.1, 0.15) is 0 Å². The Labute approximate surface area is 162 Å². The Balaban J connectivity index is 0.00000529. The summed E-state index contributed by atoms with van der Waals surface area (Å²) in [5.41, 5.74) is 0. The largest absolute Gasteiger partial charge is 0.359 e. The first kappa shape index (κ1) is 22.9. The van der Waals surface area contributed by atoms with Crippen molar-refractivity contribution < 1.29 is 9.59 Å². The molecule has 1 heterocycles. The Bertz CT molecular complexity index is 421. The molecular formula is C16H32IN5O2. The van der Waals surface area contributed by atoms with Crippen molar-refractivity contribution in [3.05, 3.63) is 0 Å². The summed E-state index contributed by atoms with van der Waals surface area (Å²) in [5.74, 6) is 1.51. The summed E-state index contributed by atoms with van der Waals surface area (Å²) >= 11 is 0. The second kappa shape index (κ2) is 12.3. The minimum Gasteiger partial charge on any atom is -0.359 e. The van der Waals surface area contributed by atoms with Crippen LogP contribution in [0.5, 0.6) is 0 Å². The highest BCUT2D eigenvalue weighted by Crippen LogP contribution is 2.20. The van der Waals surface area contributed by atoms with Crippen molar-refractivity contribution in [2.45, 2.75) is 33.1 Å². The first-order valence-electron chi connectivity index (χ1n) is 8.41. The van der Waals surface area contributed by atoms with Crippen molar-refractivity contribution in [1.29, 1.82) is 0 Å². The maximum absolute atomic E-state index is 11.5. The Morgan fingerprint density at radius 1 is 1.17 bits per heavy atom. The third kappa shape index (κ3) is 8.16. The van der Waals surface area contributed by atoms with Crippen LogP contribution in [0.3, 0.4) is 0 Å². The monoisotopic (exact) mass is 453 g/mol. The Morgan fingerprint density at radius 2 is 1.75 bits per heavy atom. The highest BCUT2D eigenvalue weighted by atomic mass is 127. The van der Waals surface area contributed by atoms with Gasteiger partial charge in [-0.05, 0) is 18.8 Å². The van der Waals surface area contributed by atoms with Gasteiger partial charge in [-0.3, -0.25) is 14.6 Å². The molecule has 1 aliphatic heterocycles. The fourth-order valence-electron chi connectivity index (χ4n) is 2.61. The number of nitrogens with zero attached hydrogens (tertiary/aromatic N) is 2. The van der Waals surface area contributed by atoms with E-state index in [1.165, 1.54) is 0 Å². The van der Waals surface area contributed by atoms with Gasteiger partial charge in [0.2, 0.25) is 11.8 Å². The van der Waals surface area contributed by atoms with Crippen LogP contribution in [0.25, 0.3) is 0 Å². The fraction of sp³-hybridized carbons (Fsp3) is 0.812. The number of aliphatic imine (C=N–C) groups is 1. The standard InChI is InChI=1S/C16H31N5O2.HI/c1-12(2)15(23)19-7-8-20-16(18-4)21-9-5-13(6-10-21)11-14(22)17-3;/h12-13H,5-11H2,1-4H3,(H,17,22)(H,18,20)(H,19,23);1H. The van der Waals surface area contributed by atoms with Gasteiger partial charge in [0.05, 0.1) is 0 Å². The van der Waals surface area contributed by atoms with Crippen LogP contribution >= 0.6 is 24.0 Å². The van der Waals surface area contributed by atoms with Gasteiger partial charge in [0.15, 0.2) is 5.96 Å². The molecule has 0 bridgehead atoms. The summed E-state index contributed by atoms with van der Waals surface area (Å²) < 4.78 is 0. The molecule has 0 aromatic carbocycles. The molecule has 1 rings (SSSR count). The van der Waals surface area contributed by atoms with Crippen LogP contribution in [0, 0.1) is 11.8 Å². The van der Waals surface area contributed by atoms with Gasteiger partial charge in [0.25, 0.3) is 0 Å². The number of likely N-dealkylation sites (tertiary alicyclic amines) is 1. The quantitative estimate of drug-likeness (QED) is 0.241. The molecule has 0 aromatic heterocycles. The van der Waals surface area contributed by atoms with E-state index in [0.717, 1.165) is 31.9 Å². The average Bonchev–Trinajstić information content (AvgIpc) is 2.55. The van der Waals surface area contributed by atoms with E-state index >= 15 is 0 Å². The Hall–Kier alpha value is -1.06. The summed E-state index contributed by atoms with van der Waals surface area (Å²) in [6.07, 6.45) is 2.61. The lowest BCUT2D eigenvalue weighted by Gasteiger charge is -2.34. The zero-order valence-electron chi connectivity index (χ0n) is 15.2. The van der Waals surface area contributed by atoms with Gasteiger partial charge < -0.3 is 20.9 Å². The van der Waals surface area contributed by atoms with E-state index in [2.05, 4.69) is 25.8 Å². The first-order valence-corrected chi connectivity index (χ1v) is 8.41. The molecule has 1 saturated heterocycles. The van der Waals surface area contributed by atoms with Crippen molar-refractivity contribution in [3.63, 3.8) is 0 Å². The van der Waals surface area contributed by atoms with Crippen LogP contribution in [0.1, 0.15) is 33.1 Å². The summed E-state index contributed by atoms with van der Waals surface area (Å²) in [7, 11) is 3.45. The molecule has 8 heteroatoms. The lowest BCUT2D eigenvalue weighted by atomic mass is 9.93. The third-order valence-corrected chi connectivity index (χ3v) is 4.11. The second-order valence-electron chi connectivity index (χ2n) is 6.23. The minimum atomic E-state index is 0. The lowest BCUT2D eigenvalue weighted by Crippen LogP contribution is -2.47. The molecule has 0 unspecified atom stereocenters. The summed E-state index contributed by atoms with van der Waals surface area (Å²) in [6.45, 7) is 6.81. The number of carbonyl (C=O) groups excluding carboxylic acids is 2. The van der Waals surface area contributed by atoms with E-state index in [4.69, 9.17) is 0 Å². The van der Waals surface area contributed by atoms with Crippen LogP contribution in [-0.4, -0.2) is 62.9 Å². The highest BCUT2D eigenvalue weighted by molar-refractivity contribution is 14.0. The fourth-order valence-corrected chi connectivity index (χ4v) is 2.61. The molecular weight excluding hydrogens is 421 g/mol. The van der Waals surface area contributed by atoms with E-state index in [0.29, 0.717) is 25.4 Å². The minimum absolute atomic E-state index is 0. The molecule has 0 radical (unpaired) electrons. The number of hydrogen-bond acceptors (Lipinski definition) is 3. The van der Waals surface area contributed by atoms with Gasteiger partial charge in [-0.1, -0.05) is 13.8 Å². The van der Waals surface area contributed by atoms with E-state index in [1.807, 2.05) is 13.8 Å². The molecule has 0 aromatic rings. The number of rotatable bonds is 6. The van der Waals surface area contributed by atoms with Crippen LogP contribution in [0.4, 0.5) is 0 Å². The van der Waals surface area contributed by atoms with Crippen molar-refractivity contribution in [1.82, 2.24) is 20.9 Å². The van der Waals surface area contributed by atoms with E-state index in [-0.39, 0.29) is 41.7 Å². The van der Waals surface area contributed by atoms with Crippen molar-refractivity contribution in [2.75, 3.05) is 40.3 Å². The predicted molar refractivity (Wildman–Crippen MR) is 108 cm³/mol. The number of nitrogens with one attached hydrogen (secondary N) is 3. The molecule has 1 fully saturated rings. The Kier molecular flexibility index (Phi) is 11.8. The maximum Gasteiger partial charge on any atom is 0.222 e. The summed E-state index contributed by atoms with van der Waals surface area (Å²) in [5, 5.41) is 8.85. The van der Waals surface area contributed by atoms with Crippen molar-refractivity contribution >= 4 is 41.8 Å². The Morgan fingerprint density at radius 3 is 2.25 bits per heavy atom. The molecule has 0 atom stereocenters. The third-order valence-electron chi connectivity index (χ3n) is 4.11. The van der Waals surface area contributed by atoms with Gasteiger partial charge in [0, 0.05) is 52.6 Å². The van der Waals surface area contributed by atoms with E-state index in [9.17, 15) is 9.59 Å². The SMILES string of the molecule is CN=C(NCCNC(=O)C(C)C)N1CCC(CC(=O)NC)CC1.I. The lowest BCUT2D eigenvalue weighted by molar-refractivity contribution is -0.124. The molecule has 7 nitrogen and oxygen atoms in total. The van der Waals surface area contributed by atoms with E-state index < -0.39 is 0 Å². The van der Waals surface area contributed by atoms with Crippen LogP contribution < -0.4 is 16.0 Å². The molecule has 2 amide bonds.